The van der Waals surface area contributed by atoms with E-state index in [1.54, 1.807) is 0 Å². The van der Waals surface area contributed by atoms with E-state index in [1.807, 2.05) is 37.1 Å². The molecule has 142 valence electrons. The zero-order chi connectivity index (χ0) is 19.4. The van der Waals surface area contributed by atoms with E-state index in [4.69, 9.17) is 9.62 Å². The van der Waals surface area contributed by atoms with Crippen molar-refractivity contribution in [1.82, 2.24) is 34.4 Å². The first-order valence-corrected chi connectivity index (χ1v) is 9.17. The molecule has 3 aromatic heterocycles. The van der Waals surface area contributed by atoms with Crippen LogP contribution in [0.4, 0.5) is 0 Å². The highest BCUT2D eigenvalue weighted by Gasteiger charge is 2.27. The van der Waals surface area contributed by atoms with Gasteiger partial charge in [0.25, 0.3) is 5.89 Å². The summed E-state index contributed by atoms with van der Waals surface area (Å²) < 4.78 is 9.51. The molecular formula is C20H21N7O. The molecule has 8 nitrogen and oxygen atoms in total. The van der Waals surface area contributed by atoms with Crippen molar-refractivity contribution in [3.63, 3.8) is 0 Å². The van der Waals surface area contributed by atoms with Crippen molar-refractivity contribution in [2.75, 3.05) is 14.1 Å². The van der Waals surface area contributed by atoms with Gasteiger partial charge in [-0.2, -0.15) is 10.1 Å². The minimum absolute atomic E-state index is 0.451. The molecule has 5 rings (SSSR count). The summed E-state index contributed by atoms with van der Waals surface area (Å²) in [4.78, 5) is 11.2. The monoisotopic (exact) mass is 375 g/mol. The van der Waals surface area contributed by atoms with Crippen molar-refractivity contribution in [2.24, 2.45) is 7.05 Å². The van der Waals surface area contributed by atoms with Crippen LogP contribution in [0, 0.1) is 6.92 Å². The molecule has 1 aliphatic rings. The molecule has 1 aromatic carbocycles. The maximum absolute atomic E-state index is 5.53. The lowest BCUT2D eigenvalue weighted by Crippen LogP contribution is -2.11. The zero-order valence-electron chi connectivity index (χ0n) is 16.3. The number of aromatic nitrogens is 6. The van der Waals surface area contributed by atoms with Crippen molar-refractivity contribution >= 4 is 0 Å². The third-order valence-electron chi connectivity index (χ3n) is 4.92. The first kappa shape index (κ1) is 16.9. The van der Waals surface area contributed by atoms with Crippen LogP contribution in [0.3, 0.4) is 0 Å². The second-order valence-corrected chi connectivity index (χ2v) is 7.54. The Labute approximate surface area is 162 Å². The molecule has 0 saturated carbocycles. The zero-order valence-corrected chi connectivity index (χ0v) is 16.3. The summed E-state index contributed by atoms with van der Waals surface area (Å²) in [6.07, 6.45) is 4.59. The van der Waals surface area contributed by atoms with E-state index in [2.05, 4.69) is 51.0 Å². The van der Waals surface area contributed by atoms with Crippen molar-refractivity contribution in [3.8, 4) is 28.5 Å². The molecule has 0 aliphatic carbocycles. The minimum atomic E-state index is 0.451. The van der Waals surface area contributed by atoms with E-state index >= 15 is 0 Å². The van der Waals surface area contributed by atoms with E-state index < -0.39 is 0 Å². The summed E-state index contributed by atoms with van der Waals surface area (Å²) in [5, 5.41) is 8.82. The summed E-state index contributed by atoms with van der Waals surface area (Å²) in [6, 6.07) is 6.41. The third kappa shape index (κ3) is 2.65. The largest absolute Gasteiger partial charge is 0.332 e. The molecule has 0 spiro atoms. The summed E-state index contributed by atoms with van der Waals surface area (Å²) in [5.74, 6) is 1.10. The Balaban J connectivity index is 1.69. The average Bonchev–Trinajstić information content (AvgIpc) is 3.32. The number of nitrogens with zero attached hydrogens (tertiary/aromatic N) is 7. The first-order valence-electron chi connectivity index (χ1n) is 9.17. The number of imidazole rings is 1. The van der Waals surface area contributed by atoms with Gasteiger partial charge in [-0.15, -0.1) is 0 Å². The van der Waals surface area contributed by atoms with Gasteiger partial charge in [0.2, 0.25) is 0 Å². The molecule has 8 heteroatoms. The smallest absolute Gasteiger partial charge is 0.278 e. The van der Waals surface area contributed by atoms with Crippen LogP contribution in [0.25, 0.3) is 28.5 Å². The SMILES string of the molecule is Cc1ccc2c(c1)-c1nn(C)cc1Cc1c(-c3nc(CN(C)C)no3)ncn1-2. The molecule has 0 bridgehead atoms. The van der Waals surface area contributed by atoms with Gasteiger partial charge >= 0.3 is 0 Å². The number of benzene rings is 1. The fraction of sp³-hybridized carbons (Fsp3) is 0.300. The normalized spacial score (nSPS) is 12.6. The van der Waals surface area contributed by atoms with Gasteiger partial charge in [-0.25, -0.2) is 4.98 Å². The Bertz CT molecular complexity index is 1180. The average molecular weight is 375 g/mol. The summed E-state index contributed by atoms with van der Waals surface area (Å²) in [6.45, 7) is 2.72. The second kappa shape index (κ2) is 6.13. The van der Waals surface area contributed by atoms with Crippen molar-refractivity contribution < 1.29 is 4.52 Å². The Morgan fingerprint density at radius 2 is 2.07 bits per heavy atom. The molecule has 28 heavy (non-hydrogen) atoms. The van der Waals surface area contributed by atoms with E-state index in [-0.39, 0.29) is 0 Å². The van der Waals surface area contributed by atoms with Crippen molar-refractivity contribution in [1.29, 1.82) is 0 Å². The molecular weight excluding hydrogens is 354 g/mol. The Hall–Kier alpha value is -3.26. The summed E-state index contributed by atoms with van der Waals surface area (Å²) in [7, 11) is 5.90. The fourth-order valence-corrected chi connectivity index (χ4v) is 3.75. The molecule has 0 saturated heterocycles. The van der Waals surface area contributed by atoms with Gasteiger partial charge in [-0.05, 0) is 33.2 Å². The number of hydrogen-bond acceptors (Lipinski definition) is 6. The third-order valence-corrected chi connectivity index (χ3v) is 4.92. The number of fused-ring (bicyclic) bond motifs is 5. The van der Waals surface area contributed by atoms with Gasteiger partial charge in [0.1, 0.15) is 6.33 Å². The topological polar surface area (TPSA) is 77.8 Å². The maximum atomic E-state index is 5.53. The van der Waals surface area contributed by atoms with Crippen LogP contribution >= 0.6 is 0 Å². The molecule has 1 aliphatic heterocycles. The molecule has 4 aromatic rings. The van der Waals surface area contributed by atoms with Gasteiger partial charge < -0.3 is 14.0 Å². The van der Waals surface area contributed by atoms with E-state index in [1.165, 1.54) is 5.56 Å². The second-order valence-electron chi connectivity index (χ2n) is 7.54. The first-order chi connectivity index (χ1) is 13.5. The van der Waals surface area contributed by atoms with Crippen molar-refractivity contribution in [3.05, 3.63) is 53.4 Å². The van der Waals surface area contributed by atoms with Crippen LogP contribution < -0.4 is 0 Å². The number of hydrogen-bond donors (Lipinski definition) is 0. The van der Waals surface area contributed by atoms with Crippen molar-refractivity contribution in [2.45, 2.75) is 19.9 Å². The number of rotatable bonds is 3. The highest BCUT2D eigenvalue weighted by Crippen LogP contribution is 2.37. The molecule has 0 unspecified atom stereocenters. The highest BCUT2D eigenvalue weighted by atomic mass is 16.5. The standard InChI is InChI=1S/C20H21N7O/c1-12-5-6-15-14(7-12)18-13(9-26(4)23-18)8-16-19(21-11-27(15)16)20-22-17(24-28-20)10-25(2)3/h5-7,9,11H,8,10H2,1-4H3. The van der Waals surface area contributed by atoms with E-state index in [9.17, 15) is 0 Å². The minimum Gasteiger partial charge on any atom is -0.332 e. The van der Waals surface area contributed by atoms with Crippen LogP contribution in [0.5, 0.6) is 0 Å². The van der Waals surface area contributed by atoms with Crippen LogP contribution in [0.15, 0.2) is 35.2 Å². The maximum Gasteiger partial charge on any atom is 0.278 e. The predicted octanol–water partition coefficient (Wildman–Crippen LogP) is 2.60. The summed E-state index contributed by atoms with van der Waals surface area (Å²) >= 11 is 0. The Morgan fingerprint density at radius 3 is 2.89 bits per heavy atom. The molecule has 0 fully saturated rings. The fourth-order valence-electron chi connectivity index (χ4n) is 3.75. The lowest BCUT2D eigenvalue weighted by Gasteiger charge is -2.10. The number of aryl methyl sites for hydroxylation is 2. The Morgan fingerprint density at radius 1 is 1.21 bits per heavy atom. The van der Waals surface area contributed by atoms with Crippen LogP contribution in [0.2, 0.25) is 0 Å². The molecule has 4 heterocycles. The van der Waals surface area contributed by atoms with Crippen LogP contribution in [-0.4, -0.2) is 48.5 Å². The van der Waals surface area contributed by atoms with E-state index in [0.29, 0.717) is 24.7 Å². The van der Waals surface area contributed by atoms with Gasteiger partial charge in [0.05, 0.1) is 23.6 Å². The molecule has 0 amide bonds. The van der Waals surface area contributed by atoms with E-state index in [0.717, 1.165) is 33.9 Å². The van der Waals surface area contributed by atoms with Gasteiger partial charge in [-0.3, -0.25) is 4.68 Å². The van der Waals surface area contributed by atoms with Crippen LogP contribution in [0.1, 0.15) is 22.6 Å². The Kier molecular flexibility index (Phi) is 3.70. The molecule has 0 radical (unpaired) electrons. The molecule has 0 atom stereocenters. The van der Waals surface area contributed by atoms with Gasteiger partial charge in [0.15, 0.2) is 11.5 Å². The summed E-state index contributed by atoms with van der Waals surface area (Å²) in [5.41, 5.74) is 7.28. The lowest BCUT2D eigenvalue weighted by atomic mass is 10.0. The van der Waals surface area contributed by atoms with Crippen LogP contribution in [-0.2, 0) is 20.0 Å². The molecule has 0 N–H and O–H groups in total. The lowest BCUT2D eigenvalue weighted by molar-refractivity contribution is 0.365. The van der Waals surface area contributed by atoms with Gasteiger partial charge in [-0.1, -0.05) is 16.8 Å². The quantitative estimate of drug-likeness (QED) is 0.482. The van der Waals surface area contributed by atoms with Gasteiger partial charge in [0, 0.05) is 30.8 Å². The predicted molar refractivity (Wildman–Crippen MR) is 104 cm³/mol. The highest BCUT2D eigenvalue weighted by molar-refractivity contribution is 5.76.